The first-order valence-electron chi connectivity index (χ1n) is 10.2. The minimum atomic E-state index is -4.68. The smallest absolute Gasteiger partial charge is 0.427 e. The number of carbonyl (C=O) groups excluding carboxylic acids is 4. The zero-order valence-electron chi connectivity index (χ0n) is 20.0. The fourth-order valence-corrected chi connectivity index (χ4v) is 4.44. The van der Waals surface area contributed by atoms with Crippen LogP contribution in [0.15, 0.2) is 0 Å². The molecule has 13 nitrogen and oxygen atoms in total. The molecule has 1 saturated heterocycles. The summed E-state index contributed by atoms with van der Waals surface area (Å²) in [5, 5.41) is 0. The number of hydrogen-bond donors (Lipinski definition) is 1. The fraction of sp³-hybridized carbons (Fsp3) is 0.789. The summed E-state index contributed by atoms with van der Waals surface area (Å²) < 4.78 is 55.1. The molecule has 1 fully saturated rings. The van der Waals surface area contributed by atoms with Gasteiger partial charge in [0.1, 0.15) is 5.60 Å². The van der Waals surface area contributed by atoms with Crippen LogP contribution in [0.1, 0.15) is 48.5 Å². The summed E-state index contributed by atoms with van der Waals surface area (Å²) in [5.41, 5.74) is -1.12. The van der Waals surface area contributed by atoms with Crippen LogP contribution in [-0.4, -0.2) is 85.4 Å². The van der Waals surface area contributed by atoms with Gasteiger partial charge >= 0.3 is 34.2 Å². The number of amides is 1. The van der Waals surface area contributed by atoms with Crippen LogP contribution in [0.25, 0.3) is 0 Å². The van der Waals surface area contributed by atoms with Crippen LogP contribution in [0.3, 0.4) is 0 Å². The molecule has 0 bridgehead atoms. The summed E-state index contributed by atoms with van der Waals surface area (Å²) >= 11 is 5.58. The Morgan fingerprint density at radius 1 is 0.941 bits per heavy atom. The highest BCUT2D eigenvalue weighted by molar-refractivity contribution is 7.87. The van der Waals surface area contributed by atoms with Gasteiger partial charge in [-0.1, -0.05) is 0 Å². The average Bonchev–Trinajstić information content (AvgIpc) is 2.63. The predicted molar refractivity (Wildman–Crippen MR) is 117 cm³/mol. The summed E-state index contributed by atoms with van der Waals surface area (Å²) in [4.78, 5) is 48.4. The molecule has 1 N–H and O–H groups in total. The topological polar surface area (TPSA) is 164 Å². The van der Waals surface area contributed by atoms with Crippen LogP contribution in [0.2, 0.25) is 0 Å². The first-order valence-corrected chi connectivity index (χ1v) is 12.2. The lowest BCUT2D eigenvalue weighted by molar-refractivity contribution is -0.258. The molecule has 0 radical (unpaired) electrons. The molecule has 0 aromatic heterocycles. The number of alkyl halides is 1. The van der Waals surface area contributed by atoms with Crippen LogP contribution in [0, 0.1) is 0 Å². The number of nitrogens with zero attached hydrogens (tertiary/aromatic N) is 1. The summed E-state index contributed by atoms with van der Waals surface area (Å²) in [7, 11) is -4.68. The summed E-state index contributed by atoms with van der Waals surface area (Å²) in [6.07, 6.45) is -8.87. The van der Waals surface area contributed by atoms with E-state index in [0.29, 0.717) is 0 Å². The van der Waals surface area contributed by atoms with Crippen molar-refractivity contribution in [3.8, 4) is 0 Å². The Labute approximate surface area is 203 Å². The normalized spacial score (nSPS) is 25.1. The van der Waals surface area contributed by atoms with E-state index in [-0.39, 0.29) is 16.7 Å². The van der Waals surface area contributed by atoms with E-state index < -0.39 is 70.5 Å². The second kappa shape index (κ2) is 12.0. The third-order valence-corrected chi connectivity index (χ3v) is 5.73. The van der Waals surface area contributed by atoms with E-state index in [4.69, 9.17) is 35.3 Å². The van der Waals surface area contributed by atoms with Crippen molar-refractivity contribution in [2.45, 2.75) is 84.7 Å². The molecule has 0 aromatic rings. The number of carbonyl (C=O) groups is 4. The van der Waals surface area contributed by atoms with E-state index in [1.165, 1.54) is 27.7 Å². The van der Waals surface area contributed by atoms with Gasteiger partial charge in [0.25, 0.3) is 0 Å². The molecule has 1 rings (SSSR count). The van der Waals surface area contributed by atoms with Gasteiger partial charge in [-0.2, -0.15) is 17.4 Å². The Bertz CT molecular complexity index is 874. The van der Waals surface area contributed by atoms with Crippen LogP contribution in [0.5, 0.6) is 0 Å². The number of halogens is 1. The van der Waals surface area contributed by atoms with Crippen molar-refractivity contribution in [2.24, 2.45) is 0 Å². The van der Waals surface area contributed by atoms with Gasteiger partial charge in [0.05, 0.1) is 6.10 Å². The number of ether oxygens (including phenoxy) is 5. The van der Waals surface area contributed by atoms with Crippen LogP contribution >= 0.6 is 11.6 Å². The Hall–Kier alpha value is -2.16. The summed E-state index contributed by atoms with van der Waals surface area (Å²) in [6.45, 7) is 8.82. The molecule has 0 unspecified atom stereocenters. The average molecular weight is 531 g/mol. The molecule has 5 atom stereocenters. The Balaban J connectivity index is 3.67. The lowest BCUT2D eigenvalue weighted by Gasteiger charge is -2.46. The highest BCUT2D eigenvalue weighted by Gasteiger charge is 2.56. The molecule has 0 aromatic carbocycles. The standard InChI is InChI=1S/C19H31ClN2O11S/c1-10-14(30-11(2)23)15(31-12(3)24)16(32-13(4)25)17(29-10)22(18(26)33-19(5,6)7)34(27,28)21-9-8-20/h10,14-17,21H,8-9H2,1-7H3/t10-,14-,15+,16+,17+/m1/s1. The van der Waals surface area contributed by atoms with E-state index >= 15 is 0 Å². The Morgan fingerprint density at radius 2 is 1.41 bits per heavy atom. The van der Waals surface area contributed by atoms with Crippen molar-refractivity contribution in [1.82, 2.24) is 9.03 Å². The molecule has 1 aliphatic rings. The molecule has 34 heavy (non-hydrogen) atoms. The summed E-state index contributed by atoms with van der Waals surface area (Å²) in [5.74, 6) is -2.65. The van der Waals surface area contributed by atoms with E-state index in [0.717, 1.165) is 20.8 Å². The maximum Gasteiger partial charge on any atom is 0.427 e. The van der Waals surface area contributed by atoms with Gasteiger partial charge in [-0.25, -0.2) is 4.79 Å². The zero-order valence-corrected chi connectivity index (χ0v) is 21.6. The Kier molecular flexibility index (Phi) is 10.5. The van der Waals surface area contributed by atoms with Crippen molar-refractivity contribution >= 4 is 45.8 Å². The summed E-state index contributed by atoms with van der Waals surface area (Å²) in [6, 6.07) is 0. The minimum Gasteiger partial charge on any atom is -0.456 e. The third kappa shape index (κ3) is 8.56. The molecule has 0 saturated carbocycles. The molecule has 15 heteroatoms. The van der Waals surface area contributed by atoms with Gasteiger partial charge in [-0.15, -0.1) is 11.6 Å². The van der Waals surface area contributed by atoms with Crippen molar-refractivity contribution < 1.29 is 51.3 Å². The predicted octanol–water partition coefficient (Wildman–Crippen LogP) is 0.837. The lowest BCUT2D eigenvalue weighted by atomic mass is 9.98. The molecule has 1 aliphatic heterocycles. The molecule has 0 aliphatic carbocycles. The second-order valence-electron chi connectivity index (χ2n) is 8.32. The van der Waals surface area contributed by atoms with Gasteiger partial charge in [-0.05, 0) is 27.7 Å². The van der Waals surface area contributed by atoms with Gasteiger partial charge in [0.2, 0.25) is 0 Å². The van der Waals surface area contributed by atoms with Gasteiger partial charge in [0, 0.05) is 33.2 Å². The van der Waals surface area contributed by atoms with Crippen LogP contribution < -0.4 is 4.72 Å². The number of nitrogens with one attached hydrogen (secondary N) is 1. The molecule has 1 amide bonds. The Morgan fingerprint density at radius 3 is 1.85 bits per heavy atom. The van der Waals surface area contributed by atoms with Gasteiger partial charge in [-0.3, -0.25) is 14.4 Å². The minimum absolute atomic E-state index is 0.124. The van der Waals surface area contributed by atoms with Crippen molar-refractivity contribution in [3.05, 3.63) is 0 Å². The quantitative estimate of drug-likeness (QED) is 0.268. The van der Waals surface area contributed by atoms with Crippen molar-refractivity contribution in [3.63, 3.8) is 0 Å². The van der Waals surface area contributed by atoms with Crippen molar-refractivity contribution in [1.29, 1.82) is 0 Å². The van der Waals surface area contributed by atoms with Crippen LogP contribution in [-0.2, 0) is 48.3 Å². The van der Waals surface area contributed by atoms with E-state index in [1.54, 1.807) is 0 Å². The number of esters is 3. The second-order valence-corrected chi connectivity index (χ2v) is 10.3. The first-order chi connectivity index (χ1) is 15.5. The first kappa shape index (κ1) is 29.9. The van der Waals surface area contributed by atoms with Gasteiger partial charge in [0.15, 0.2) is 24.5 Å². The number of hydrogen-bond acceptors (Lipinski definition) is 11. The maximum absolute atomic E-state index is 13.1. The molecule has 196 valence electrons. The highest BCUT2D eigenvalue weighted by atomic mass is 35.5. The largest absolute Gasteiger partial charge is 0.456 e. The van der Waals surface area contributed by atoms with Crippen molar-refractivity contribution in [2.75, 3.05) is 12.4 Å². The zero-order chi connectivity index (χ0) is 26.4. The lowest BCUT2D eigenvalue weighted by Crippen LogP contribution is -2.67. The van der Waals surface area contributed by atoms with E-state index in [9.17, 15) is 27.6 Å². The third-order valence-electron chi connectivity index (χ3n) is 4.09. The number of rotatable bonds is 8. The molecule has 1 heterocycles. The molecular weight excluding hydrogens is 500 g/mol. The van der Waals surface area contributed by atoms with E-state index in [2.05, 4.69) is 4.72 Å². The van der Waals surface area contributed by atoms with E-state index in [1.807, 2.05) is 0 Å². The molecular formula is C19H31ClN2O11S. The molecule has 0 spiro atoms. The monoisotopic (exact) mass is 530 g/mol. The van der Waals surface area contributed by atoms with Gasteiger partial charge < -0.3 is 23.7 Å². The maximum atomic E-state index is 13.1. The highest BCUT2D eigenvalue weighted by Crippen LogP contribution is 2.32. The fourth-order valence-electron chi connectivity index (χ4n) is 3.06. The SMILES string of the molecule is CC(=O)O[C@H]1[C@H](OC(C)=O)[C@@H](C)O[C@H](N(C(=O)OC(C)(C)C)S(=O)(=O)NCCCl)[C@H]1OC(C)=O. The van der Waals surface area contributed by atoms with Crippen LogP contribution in [0.4, 0.5) is 4.79 Å².